The lowest BCUT2D eigenvalue weighted by molar-refractivity contribution is 0.00927. The maximum absolute atomic E-state index is 10.1. The Bertz CT molecular complexity index is 291. The minimum absolute atomic E-state index is 0.170. The van der Waals surface area contributed by atoms with Crippen molar-refractivity contribution in [3.63, 3.8) is 0 Å². The molecule has 1 aliphatic rings. The summed E-state index contributed by atoms with van der Waals surface area (Å²) in [6, 6.07) is 0. The van der Waals surface area contributed by atoms with Gasteiger partial charge in [0.2, 0.25) is 0 Å². The van der Waals surface area contributed by atoms with E-state index in [1.165, 1.54) is 0 Å². The molecule has 0 aromatic heterocycles. The smallest absolute Gasteiger partial charge is 0.0897 e. The second kappa shape index (κ2) is 9.60. The predicted molar refractivity (Wildman–Crippen MR) is 89.5 cm³/mol. The van der Waals surface area contributed by atoms with Crippen LogP contribution in [0.1, 0.15) is 59.8 Å². The lowest BCUT2D eigenvalue weighted by atomic mass is 9.85. The van der Waals surface area contributed by atoms with Gasteiger partial charge in [-0.3, -0.25) is 0 Å². The standard InChI is InChI=1S/C18H35NO2/c1-5-18(6-2,7-3)19-12-17(20)14-21-13-16-11-9-8-10-15(16)4/h8-9,15-17,19-20H,5-7,10-14H2,1-4H3. The van der Waals surface area contributed by atoms with Crippen LogP contribution in [0.25, 0.3) is 0 Å². The van der Waals surface area contributed by atoms with Gasteiger partial charge in [-0.1, -0.05) is 39.8 Å². The van der Waals surface area contributed by atoms with E-state index in [-0.39, 0.29) is 5.54 Å². The molecule has 21 heavy (non-hydrogen) atoms. The Morgan fingerprint density at radius 2 is 1.81 bits per heavy atom. The zero-order valence-electron chi connectivity index (χ0n) is 14.4. The Labute approximate surface area is 131 Å². The van der Waals surface area contributed by atoms with E-state index in [2.05, 4.69) is 45.2 Å². The highest BCUT2D eigenvalue weighted by Gasteiger charge is 2.24. The number of aliphatic hydroxyl groups excluding tert-OH is 1. The van der Waals surface area contributed by atoms with Crippen molar-refractivity contribution in [2.75, 3.05) is 19.8 Å². The van der Waals surface area contributed by atoms with Crippen LogP contribution >= 0.6 is 0 Å². The van der Waals surface area contributed by atoms with Crippen molar-refractivity contribution >= 4 is 0 Å². The molecule has 0 amide bonds. The second-order valence-corrected chi connectivity index (χ2v) is 6.59. The first-order chi connectivity index (χ1) is 10.1. The van der Waals surface area contributed by atoms with Gasteiger partial charge >= 0.3 is 0 Å². The fourth-order valence-corrected chi connectivity index (χ4v) is 3.11. The van der Waals surface area contributed by atoms with Gasteiger partial charge in [0, 0.05) is 12.1 Å². The van der Waals surface area contributed by atoms with Gasteiger partial charge < -0.3 is 15.2 Å². The number of nitrogens with one attached hydrogen (secondary N) is 1. The molecule has 0 spiro atoms. The van der Waals surface area contributed by atoms with Gasteiger partial charge in [0.15, 0.2) is 0 Å². The molecule has 0 radical (unpaired) electrons. The third-order valence-electron chi connectivity index (χ3n) is 5.30. The molecule has 0 saturated heterocycles. The van der Waals surface area contributed by atoms with Crippen molar-refractivity contribution in [3.8, 4) is 0 Å². The van der Waals surface area contributed by atoms with Crippen LogP contribution in [0.5, 0.6) is 0 Å². The van der Waals surface area contributed by atoms with Crippen molar-refractivity contribution < 1.29 is 9.84 Å². The van der Waals surface area contributed by atoms with Gasteiger partial charge in [-0.25, -0.2) is 0 Å². The van der Waals surface area contributed by atoms with Gasteiger partial charge in [0.25, 0.3) is 0 Å². The molecule has 0 bridgehead atoms. The molecule has 1 aliphatic carbocycles. The minimum Gasteiger partial charge on any atom is -0.389 e. The van der Waals surface area contributed by atoms with Crippen molar-refractivity contribution in [2.24, 2.45) is 11.8 Å². The zero-order valence-corrected chi connectivity index (χ0v) is 14.4. The van der Waals surface area contributed by atoms with E-state index in [1.54, 1.807) is 0 Å². The number of aliphatic hydroxyl groups is 1. The van der Waals surface area contributed by atoms with Crippen LogP contribution in [-0.4, -0.2) is 36.5 Å². The van der Waals surface area contributed by atoms with Gasteiger partial charge in [0.1, 0.15) is 0 Å². The van der Waals surface area contributed by atoms with Crippen LogP contribution in [-0.2, 0) is 4.74 Å². The Kier molecular flexibility index (Phi) is 8.53. The molecule has 2 N–H and O–H groups in total. The molecule has 3 unspecified atom stereocenters. The molecule has 3 heteroatoms. The number of hydrogen-bond donors (Lipinski definition) is 2. The lowest BCUT2D eigenvalue weighted by Gasteiger charge is -2.33. The van der Waals surface area contributed by atoms with E-state index in [0.29, 0.717) is 25.0 Å². The van der Waals surface area contributed by atoms with Crippen LogP contribution < -0.4 is 5.32 Å². The summed E-state index contributed by atoms with van der Waals surface area (Å²) in [4.78, 5) is 0. The number of allylic oxidation sites excluding steroid dienone is 2. The average Bonchev–Trinajstić information content (AvgIpc) is 2.51. The third kappa shape index (κ3) is 6.09. The average molecular weight is 297 g/mol. The van der Waals surface area contributed by atoms with Gasteiger partial charge in [-0.2, -0.15) is 0 Å². The quantitative estimate of drug-likeness (QED) is 0.606. The van der Waals surface area contributed by atoms with E-state index in [1.807, 2.05) is 0 Å². The van der Waals surface area contributed by atoms with Gasteiger partial charge in [-0.05, 0) is 43.9 Å². The monoisotopic (exact) mass is 297 g/mol. The number of ether oxygens (including phenoxy) is 1. The highest BCUT2D eigenvalue weighted by atomic mass is 16.5. The zero-order chi connectivity index (χ0) is 15.7. The number of β-amino-alcohol motifs (C(OH)–C–C–N with tert-alkyl or cyclic N) is 1. The van der Waals surface area contributed by atoms with E-state index in [0.717, 1.165) is 38.7 Å². The molecule has 0 fully saturated rings. The first-order valence-corrected chi connectivity index (χ1v) is 8.72. The van der Waals surface area contributed by atoms with Gasteiger partial charge in [-0.15, -0.1) is 0 Å². The number of rotatable bonds is 10. The second-order valence-electron chi connectivity index (χ2n) is 6.59. The minimum atomic E-state index is -0.413. The summed E-state index contributed by atoms with van der Waals surface area (Å²) in [5.41, 5.74) is 0.170. The van der Waals surface area contributed by atoms with E-state index in [9.17, 15) is 5.11 Å². The largest absolute Gasteiger partial charge is 0.389 e. The Balaban J connectivity index is 2.21. The molecular formula is C18H35NO2. The van der Waals surface area contributed by atoms with Crippen molar-refractivity contribution in [2.45, 2.75) is 71.4 Å². The topological polar surface area (TPSA) is 41.5 Å². The van der Waals surface area contributed by atoms with Crippen LogP contribution in [0.15, 0.2) is 12.2 Å². The molecule has 1 rings (SSSR count). The fraction of sp³-hybridized carbons (Fsp3) is 0.889. The summed E-state index contributed by atoms with van der Waals surface area (Å²) >= 11 is 0. The first-order valence-electron chi connectivity index (χ1n) is 8.72. The Morgan fingerprint density at radius 1 is 1.19 bits per heavy atom. The highest BCUT2D eigenvalue weighted by Crippen LogP contribution is 2.25. The van der Waals surface area contributed by atoms with Crippen LogP contribution in [0.4, 0.5) is 0 Å². The van der Waals surface area contributed by atoms with Crippen molar-refractivity contribution in [1.29, 1.82) is 0 Å². The summed E-state index contributed by atoms with van der Waals surface area (Å²) in [6.45, 7) is 10.7. The first kappa shape index (κ1) is 18.7. The third-order valence-corrected chi connectivity index (χ3v) is 5.30. The Hall–Kier alpha value is -0.380. The predicted octanol–water partition coefficient (Wildman–Crippen LogP) is 3.52. The van der Waals surface area contributed by atoms with Crippen molar-refractivity contribution in [3.05, 3.63) is 12.2 Å². The number of hydrogen-bond acceptors (Lipinski definition) is 3. The maximum Gasteiger partial charge on any atom is 0.0897 e. The van der Waals surface area contributed by atoms with Crippen LogP contribution in [0, 0.1) is 11.8 Å². The van der Waals surface area contributed by atoms with Gasteiger partial charge in [0.05, 0.1) is 19.3 Å². The van der Waals surface area contributed by atoms with E-state index >= 15 is 0 Å². The SMILES string of the molecule is CCC(CC)(CC)NCC(O)COCC1CC=CCC1C. The van der Waals surface area contributed by atoms with Crippen LogP contribution in [0.3, 0.4) is 0 Å². The maximum atomic E-state index is 10.1. The lowest BCUT2D eigenvalue weighted by Crippen LogP contribution is -2.47. The summed E-state index contributed by atoms with van der Waals surface area (Å²) in [5.74, 6) is 1.30. The molecule has 0 aliphatic heterocycles. The molecule has 0 aromatic rings. The summed E-state index contributed by atoms with van der Waals surface area (Å²) in [7, 11) is 0. The molecule has 3 atom stereocenters. The molecule has 3 nitrogen and oxygen atoms in total. The molecule has 0 saturated carbocycles. The molecule has 124 valence electrons. The van der Waals surface area contributed by atoms with E-state index < -0.39 is 6.10 Å². The molecular weight excluding hydrogens is 262 g/mol. The van der Waals surface area contributed by atoms with Crippen molar-refractivity contribution in [1.82, 2.24) is 5.32 Å². The Morgan fingerprint density at radius 3 is 2.38 bits per heavy atom. The summed E-state index contributed by atoms with van der Waals surface area (Å²) in [6.07, 6.45) is 9.66. The highest BCUT2D eigenvalue weighted by molar-refractivity contribution is 4.93. The normalized spacial score (nSPS) is 24.2. The van der Waals surface area contributed by atoms with E-state index in [4.69, 9.17) is 4.74 Å². The fourth-order valence-electron chi connectivity index (χ4n) is 3.11. The summed E-state index contributed by atoms with van der Waals surface area (Å²) in [5, 5.41) is 13.6. The molecule has 0 heterocycles. The molecule has 0 aromatic carbocycles. The summed E-state index contributed by atoms with van der Waals surface area (Å²) < 4.78 is 5.75. The van der Waals surface area contributed by atoms with Crippen LogP contribution in [0.2, 0.25) is 0 Å².